The van der Waals surface area contributed by atoms with Crippen LogP contribution in [0.4, 0.5) is 11.5 Å². The van der Waals surface area contributed by atoms with Gasteiger partial charge < -0.3 is 10.6 Å². The smallest absolute Gasteiger partial charge is 0.154 e. The van der Waals surface area contributed by atoms with Crippen molar-refractivity contribution in [3.8, 4) is 0 Å². The average molecular weight is 281 g/mol. The standard InChI is InChI=1S/C16H19N5/c1-3-20(11-13-6-4-5-7-14(13)17)16-15-10-12(2)19-21(15)9-8-18-16/h4-10H,3,11,17H2,1-2H3. The molecule has 0 bridgehead atoms. The van der Waals surface area contributed by atoms with Crippen molar-refractivity contribution in [2.45, 2.75) is 20.4 Å². The zero-order chi connectivity index (χ0) is 14.8. The minimum Gasteiger partial charge on any atom is -0.398 e. The number of rotatable bonds is 4. The predicted octanol–water partition coefficient (Wildman–Crippen LogP) is 2.65. The maximum Gasteiger partial charge on any atom is 0.154 e. The molecule has 0 radical (unpaired) electrons. The topological polar surface area (TPSA) is 59.5 Å². The van der Waals surface area contributed by atoms with E-state index in [9.17, 15) is 0 Å². The molecule has 3 rings (SSSR count). The molecule has 1 aromatic carbocycles. The molecule has 0 aliphatic carbocycles. The fraction of sp³-hybridized carbons (Fsp3) is 0.250. The van der Waals surface area contributed by atoms with Crippen molar-refractivity contribution in [2.75, 3.05) is 17.2 Å². The van der Waals surface area contributed by atoms with E-state index in [-0.39, 0.29) is 0 Å². The number of nitrogen functional groups attached to an aromatic ring is 1. The number of benzene rings is 1. The lowest BCUT2D eigenvalue weighted by molar-refractivity contribution is 0.808. The van der Waals surface area contributed by atoms with Crippen LogP contribution in [-0.4, -0.2) is 21.1 Å². The summed E-state index contributed by atoms with van der Waals surface area (Å²) >= 11 is 0. The molecule has 0 unspecified atom stereocenters. The third kappa shape index (κ3) is 2.54. The third-order valence-corrected chi connectivity index (χ3v) is 3.59. The number of para-hydroxylation sites is 1. The molecule has 0 aliphatic heterocycles. The van der Waals surface area contributed by atoms with Gasteiger partial charge in [-0.2, -0.15) is 5.10 Å². The molecule has 21 heavy (non-hydrogen) atoms. The van der Waals surface area contributed by atoms with Crippen molar-refractivity contribution < 1.29 is 0 Å². The van der Waals surface area contributed by atoms with Gasteiger partial charge >= 0.3 is 0 Å². The maximum absolute atomic E-state index is 6.05. The summed E-state index contributed by atoms with van der Waals surface area (Å²) in [4.78, 5) is 6.75. The van der Waals surface area contributed by atoms with E-state index in [1.54, 1.807) is 6.20 Å². The molecule has 0 aliphatic rings. The highest BCUT2D eigenvalue weighted by atomic mass is 15.3. The Balaban J connectivity index is 2.00. The lowest BCUT2D eigenvalue weighted by Gasteiger charge is -2.23. The van der Waals surface area contributed by atoms with Gasteiger partial charge in [-0.15, -0.1) is 0 Å². The predicted molar refractivity (Wildman–Crippen MR) is 85.3 cm³/mol. The molecule has 0 amide bonds. The Morgan fingerprint density at radius 1 is 1.29 bits per heavy atom. The Hall–Kier alpha value is -2.56. The van der Waals surface area contributed by atoms with Crippen molar-refractivity contribution in [3.63, 3.8) is 0 Å². The van der Waals surface area contributed by atoms with Crippen LogP contribution < -0.4 is 10.6 Å². The highest BCUT2D eigenvalue weighted by Gasteiger charge is 2.13. The van der Waals surface area contributed by atoms with Gasteiger partial charge in [0.15, 0.2) is 5.82 Å². The summed E-state index contributed by atoms with van der Waals surface area (Å²) in [6.45, 7) is 5.70. The minimum atomic E-state index is 0.736. The Bertz CT molecular complexity index is 762. The molecular formula is C16H19N5. The van der Waals surface area contributed by atoms with Gasteiger partial charge in [-0.25, -0.2) is 9.50 Å². The fourth-order valence-corrected chi connectivity index (χ4v) is 2.49. The molecular weight excluding hydrogens is 262 g/mol. The zero-order valence-corrected chi connectivity index (χ0v) is 12.3. The van der Waals surface area contributed by atoms with E-state index >= 15 is 0 Å². The van der Waals surface area contributed by atoms with Crippen molar-refractivity contribution >= 4 is 17.0 Å². The van der Waals surface area contributed by atoms with Crippen LogP contribution in [0.3, 0.4) is 0 Å². The van der Waals surface area contributed by atoms with Gasteiger partial charge in [0.1, 0.15) is 5.52 Å². The first-order valence-electron chi connectivity index (χ1n) is 7.08. The summed E-state index contributed by atoms with van der Waals surface area (Å²) in [6.07, 6.45) is 3.66. The van der Waals surface area contributed by atoms with E-state index in [0.29, 0.717) is 0 Å². The maximum atomic E-state index is 6.05. The van der Waals surface area contributed by atoms with E-state index in [4.69, 9.17) is 5.73 Å². The van der Waals surface area contributed by atoms with Crippen LogP contribution in [0.15, 0.2) is 42.7 Å². The van der Waals surface area contributed by atoms with Crippen LogP contribution >= 0.6 is 0 Å². The second-order valence-electron chi connectivity index (χ2n) is 5.08. The number of hydrogen-bond donors (Lipinski definition) is 1. The molecule has 0 fully saturated rings. The Morgan fingerprint density at radius 3 is 2.86 bits per heavy atom. The first-order chi connectivity index (χ1) is 10.2. The third-order valence-electron chi connectivity index (χ3n) is 3.59. The van der Waals surface area contributed by atoms with E-state index in [1.807, 2.05) is 35.8 Å². The molecule has 5 heteroatoms. The van der Waals surface area contributed by atoms with Crippen LogP contribution in [0.2, 0.25) is 0 Å². The number of anilines is 2. The average Bonchev–Trinajstić information content (AvgIpc) is 2.87. The first-order valence-corrected chi connectivity index (χ1v) is 7.08. The number of aryl methyl sites for hydroxylation is 1. The molecule has 2 N–H and O–H groups in total. The Labute approximate surface area is 124 Å². The number of nitrogens with two attached hydrogens (primary N) is 1. The van der Waals surface area contributed by atoms with E-state index < -0.39 is 0 Å². The number of fused-ring (bicyclic) bond motifs is 1. The summed E-state index contributed by atoms with van der Waals surface area (Å²) in [7, 11) is 0. The molecule has 0 saturated heterocycles. The van der Waals surface area contributed by atoms with Crippen LogP contribution in [0.1, 0.15) is 18.2 Å². The van der Waals surface area contributed by atoms with Gasteiger partial charge in [0.25, 0.3) is 0 Å². The van der Waals surface area contributed by atoms with Gasteiger partial charge in [0, 0.05) is 31.2 Å². The monoisotopic (exact) mass is 281 g/mol. The van der Waals surface area contributed by atoms with Gasteiger partial charge in [-0.05, 0) is 31.5 Å². The molecule has 2 heterocycles. The second kappa shape index (κ2) is 5.44. The van der Waals surface area contributed by atoms with Crippen molar-refractivity contribution in [1.82, 2.24) is 14.6 Å². The number of nitrogens with zero attached hydrogens (tertiary/aromatic N) is 4. The molecule has 0 atom stereocenters. The van der Waals surface area contributed by atoms with E-state index in [1.165, 1.54) is 0 Å². The lowest BCUT2D eigenvalue weighted by Crippen LogP contribution is -2.24. The van der Waals surface area contributed by atoms with Crippen molar-refractivity contribution in [3.05, 3.63) is 54.0 Å². The zero-order valence-electron chi connectivity index (χ0n) is 12.3. The molecule has 0 spiro atoms. The first kappa shape index (κ1) is 13.4. The van der Waals surface area contributed by atoms with Crippen LogP contribution in [-0.2, 0) is 6.54 Å². The van der Waals surface area contributed by atoms with Gasteiger partial charge in [-0.3, -0.25) is 0 Å². The van der Waals surface area contributed by atoms with E-state index in [2.05, 4.69) is 34.0 Å². The molecule has 5 nitrogen and oxygen atoms in total. The summed E-state index contributed by atoms with van der Waals surface area (Å²) in [5.41, 5.74) is 9.98. The van der Waals surface area contributed by atoms with Gasteiger partial charge in [0.05, 0.1) is 5.69 Å². The SMILES string of the molecule is CCN(Cc1ccccc1N)c1nccn2nc(C)cc12. The molecule has 2 aromatic heterocycles. The van der Waals surface area contributed by atoms with Crippen molar-refractivity contribution in [1.29, 1.82) is 0 Å². The van der Waals surface area contributed by atoms with Crippen LogP contribution in [0, 0.1) is 6.92 Å². The summed E-state index contributed by atoms with van der Waals surface area (Å²) in [5.74, 6) is 0.934. The van der Waals surface area contributed by atoms with Crippen molar-refractivity contribution in [2.24, 2.45) is 0 Å². The van der Waals surface area contributed by atoms with Crippen LogP contribution in [0.25, 0.3) is 5.52 Å². The lowest BCUT2D eigenvalue weighted by atomic mass is 10.1. The van der Waals surface area contributed by atoms with Gasteiger partial charge in [-0.1, -0.05) is 18.2 Å². The quantitative estimate of drug-likeness (QED) is 0.747. The Morgan fingerprint density at radius 2 is 2.10 bits per heavy atom. The molecule has 108 valence electrons. The summed E-state index contributed by atoms with van der Waals surface area (Å²) < 4.78 is 1.87. The summed E-state index contributed by atoms with van der Waals surface area (Å²) in [5, 5.41) is 4.44. The van der Waals surface area contributed by atoms with Gasteiger partial charge in [0.2, 0.25) is 0 Å². The number of aromatic nitrogens is 3. The summed E-state index contributed by atoms with van der Waals surface area (Å²) in [6, 6.07) is 10.0. The number of hydrogen-bond acceptors (Lipinski definition) is 4. The molecule has 3 aromatic rings. The largest absolute Gasteiger partial charge is 0.398 e. The van der Waals surface area contributed by atoms with Crippen LogP contribution in [0.5, 0.6) is 0 Å². The fourth-order valence-electron chi connectivity index (χ4n) is 2.49. The van der Waals surface area contributed by atoms with E-state index in [0.717, 1.165) is 41.4 Å². The second-order valence-corrected chi connectivity index (χ2v) is 5.08. The highest BCUT2D eigenvalue weighted by Crippen LogP contribution is 2.23. The Kier molecular flexibility index (Phi) is 3.48. The highest BCUT2D eigenvalue weighted by molar-refractivity contribution is 5.69. The minimum absolute atomic E-state index is 0.736. The molecule has 0 saturated carbocycles. The normalized spacial score (nSPS) is 11.0.